The molecule has 0 spiro atoms. The largest absolute Gasteiger partial charge is 0.334 e. The van der Waals surface area contributed by atoms with E-state index in [4.69, 9.17) is 5.73 Å². The van der Waals surface area contributed by atoms with Crippen LogP contribution in [0.15, 0.2) is 24.3 Å². The fourth-order valence-corrected chi connectivity index (χ4v) is 1.85. The van der Waals surface area contributed by atoms with Crippen LogP contribution in [-0.4, -0.2) is 23.4 Å². The number of nitrogens with zero attached hydrogens (tertiary/aromatic N) is 1. The van der Waals surface area contributed by atoms with Gasteiger partial charge in [0, 0.05) is 24.7 Å². The van der Waals surface area contributed by atoms with E-state index in [2.05, 4.69) is 0 Å². The number of hydrogen-bond acceptors (Lipinski definition) is 2. The second-order valence-corrected chi connectivity index (χ2v) is 4.15. The van der Waals surface area contributed by atoms with Crippen molar-refractivity contribution in [3.8, 4) is 0 Å². The van der Waals surface area contributed by atoms with E-state index in [1.54, 1.807) is 0 Å². The van der Waals surface area contributed by atoms with E-state index in [1.807, 2.05) is 36.1 Å². The second-order valence-electron chi connectivity index (χ2n) is 4.15. The molecule has 0 aliphatic carbocycles. The minimum absolute atomic E-state index is 0.145. The highest BCUT2D eigenvalue weighted by atomic mass is 16.2. The Morgan fingerprint density at radius 3 is 2.87 bits per heavy atom. The number of fused-ring (bicyclic) bond motifs is 1. The Balaban J connectivity index is 2.07. The lowest BCUT2D eigenvalue weighted by atomic mass is 10.1. The van der Waals surface area contributed by atoms with E-state index >= 15 is 0 Å². The molecule has 80 valence electrons. The van der Waals surface area contributed by atoms with E-state index in [0.717, 1.165) is 30.6 Å². The lowest BCUT2D eigenvalue weighted by molar-refractivity contribution is 0.0774. The summed E-state index contributed by atoms with van der Waals surface area (Å²) in [5.74, 6) is 0.145. The minimum atomic E-state index is 0.145. The van der Waals surface area contributed by atoms with Crippen LogP contribution in [0.1, 0.15) is 29.3 Å². The van der Waals surface area contributed by atoms with Gasteiger partial charge in [-0.15, -0.1) is 0 Å². The maximum atomic E-state index is 11.9. The highest BCUT2D eigenvalue weighted by Gasteiger charge is 2.26. The minimum Gasteiger partial charge on any atom is -0.334 e. The van der Waals surface area contributed by atoms with Crippen LogP contribution in [0.25, 0.3) is 0 Å². The highest BCUT2D eigenvalue weighted by molar-refractivity contribution is 5.98. The summed E-state index contributed by atoms with van der Waals surface area (Å²) >= 11 is 0. The van der Waals surface area contributed by atoms with Crippen molar-refractivity contribution in [2.24, 2.45) is 5.73 Å². The summed E-state index contributed by atoms with van der Waals surface area (Å²) < 4.78 is 0. The Bertz CT molecular complexity index is 374. The molecule has 15 heavy (non-hydrogen) atoms. The molecule has 1 aliphatic heterocycles. The van der Waals surface area contributed by atoms with Crippen molar-refractivity contribution in [1.29, 1.82) is 0 Å². The van der Waals surface area contributed by atoms with Crippen LogP contribution in [0, 0.1) is 0 Å². The maximum Gasteiger partial charge on any atom is 0.254 e. The van der Waals surface area contributed by atoms with Crippen molar-refractivity contribution < 1.29 is 4.79 Å². The quantitative estimate of drug-likeness (QED) is 0.808. The maximum absolute atomic E-state index is 11.9. The fourth-order valence-electron chi connectivity index (χ4n) is 1.85. The van der Waals surface area contributed by atoms with Gasteiger partial charge in [-0.2, -0.15) is 0 Å². The molecule has 2 N–H and O–H groups in total. The van der Waals surface area contributed by atoms with Gasteiger partial charge in [0.05, 0.1) is 0 Å². The molecular formula is C12H16N2O. The van der Waals surface area contributed by atoms with E-state index in [9.17, 15) is 4.79 Å². The Kier molecular flexibility index (Phi) is 2.73. The first-order valence-corrected chi connectivity index (χ1v) is 5.31. The standard InChI is InChI=1S/C12H16N2O/c1-9(13)6-7-14-8-10-4-2-3-5-11(10)12(14)15/h2-5,9H,6-8,13H2,1H3. The third kappa shape index (κ3) is 2.02. The molecule has 3 heteroatoms. The molecule has 1 unspecified atom stereocenters. The zero-order valence-electron chi connectivity index (χ0n) is 8.94. The van der Waals surface area contributed by atoms with Gasteiger partial charge >= 0.3 is 0 Å². The smallest absolute Gasteiger partial charge is 0.254 e. The molecule has 1 aromatic rings. The summed E-state index contributed by atoms with van der Waals surface area (Å²) in [6.45, 7) is 3.46. The van der Waals surface area contributed by atoms with Crippen molar-refractivity contribution in [2.45, 2.75) is 25.9 Å². The third-order valence-corrected chi connectivity index (χ3v) is 2.75. The molecule has 1 amide bonds. The molecule has 0 saturated carbocycles. The fraction of sp³-hybridized carbons (Fsp3) is 0.417. The van der Waals surface area contributed by atoms with Crippen LogP contribution in [-0.2, 0) is 6.54 Å². The molecule has 0 fully saturated rings. The Morgan fingerprint density at radius 1 is 1.47 bits per heavy atom. The van der Waals surface area contributed by atoms with Crippen LogP contribution >= 0.6 is 0 Å². The molecule has 0 bridgehead atoms. The summed E-state index contributed by atoms with van der Waals surface area (Å²) in [6.07, 6.45) is 0.861. The summed E-state index contributed by atoms with van der Waals surface area (Å²) in [5, 5.41) is 0. The van der Waals surface area contributed by atoms with Crippen molar-refractivity contribution >= 4 is 5.91 Å². The third-order valence-electron chi connectivity index (χ3n) is 2.75. The van der Waals surface area contributed by atoms with Crippen LogP contribution < -0.4 is 5.73 Å². The van der Waals surface area contributed by atoms with Gasteiger partial charge in [0.1, 0.15) is 0 Å². The van der Waals surface area contributed by atoms with Gasteiger partial charge in [0.2, 0.25) is 0 Å². The van der Waals surface area contributed by atoms with Gasteiger partial charge in [-0.25, -0.2) is 0 Å². The van der Waals surface area contributed by atoms with Crippen molar-refractivity contribution in [1.82, 2.24) is 4.90 Å². The lowest BCUT2D eigenvalue weighted by Gasteiger charge is -2.16. The summed E-state index contributed by atoms with van der Waals surface area (Å²) in [6, 6.07) is 7.94. The highest BCUT2D eigenvalue weighted by Crippen LogP contribution is 2.22. The molecule has 3 nitrogen and oxygen atoms in total. The van der Waals surface area contributed by atoms with Gasteiger partial charge in [0.15, 0.2) is 0 Å². The molecular weight excluding hydrogens is 188 g/mol. The van der Waals surface area contributed by atoms with Gasteiger partial charge < -0.3 is 10.6 Å². The predicted molar refractivity (Wildman–Crippen MR) is 59.4 cm³/mol. The van der Waals surface area contributed by atoms with Crippen LogP contribution in [0.3, 0.4) is 0 Å². The second kappa shape index (κ2) is 4.03. The Morgan fingerprint density at radius 2 is 2.20 bits per heavy atom. The summed E-state index contributed by atoms with van der Waals surface area (Å²) in [7, 11) is 0. The number of rotatable bonds is 3. The van der Waals surface area contributed by atoms with E-state index in [0.29, 0.717) is 0 Å². The first kappa shape index (κ1) is 10.2. The molecule has 1 aliphatic rings. The summed E-state index contributed by atoms with van der Waals surface area (Å²) in [5.41, 5.74) is 7.66. The van der Waals surface area contributed by atoms with Crippen molar-refractivity contribution in [2.75, 3.05) is 6.54 Å². The average molecular weight is 204 g/mol. The van der Waals surface area contributed by atoms with Gasteiger partial charge in [-0.05, 0) is 25.0 Å². The van der Waals surface area contributed by atoms with Crippen molar-refractivity contribution in [3.05, 3.63) is 35.4 Å². The van der Waals surface area contributed by atoms with Gasteiger partial charge in [-0.3, -0.25) is 4.79 Å². The summed E-state index contributed by atoms with van der Waals surface area (Å²) in [4.78, 5) is 13.8. The first-order chi connectivity index (χ1) is 7.18. The molecule has 1 aromatic carbocycles. The zero-order valence-corrected chi connectivity index (χ0v) is 8.94. The molecule has 1 atom stereocenters. The normalized spacial score (nSPS) is 16.7. The molecule has 0 radical (unpaired) electrons. The van der Waals surface area contributed by atoms with Crippen LogP contribution in [0.5, 0.6) is 0 Å². The van der Waals surface area contributed by atoms with E-state index in [1.165, 1.54) is 0 Å². The van der Waals surface area contributed by atoms with Gasteiger partial charge in [0.25, 0.3) is 5.91 Å². The van der Waals surface area contributed by atoms with E-state index < -0.39 is 0 Å². The van der Waals surface area contributed by atoms with Crippen molar-refractivity contribution in [3.63, 3.8) is 0 Å². The predicted octanol–water partition coefficient (Wildman–Crippen LogP) is 1.38. The van der Waals surface area contributed by atoms with Gasteiger partial charge in [-0.1, -0.05) is 18.2 Å². The Labute approximate surface area is 89.9 Å². The van der Waals surface area contributed by atoms with E-state index in [-0.39, 0.29) is 11.9 Å². The molecule has 1 heterocycles. The number of amides is 1. The molecule has 2 rings (SSSR count). The zero-order chi connectivity index (χ0) is 10.8. The monoisotopic (exact) mass is 204 g/mol. The lowest BCUT2D eigenvalue weighted by Crippen LogP contribution is -2.29. The Hall–Kier alpha value is -1.35. The first-order valence-electron chi connectivity index (χ1n) is 5.31. The van der Waals surface area contributed by atoms with Crippen LogP contribution in [0.4, 0.5) is 0 Å². The number of hydrogen-bond donors (Lipinski definition) is 1. The molecule has 0 saturated heterocycles. The topological polar surface area (TPSA) is 46.3 Å². The average Bonchev–Trinajstić information content (AvgIpc) is 2.54. The SMILES string of the molecule is CC(N)CCN1Cc2ccccc2C1=O. The van der Waals surface area contributed by atoms with Crippen LogP contribution in [0.2, 0.25) is 0 Å². The number of benzene rings is 1. The number of carbonyl (C=O) groups is 1. The number of carbonyl (C=O) groups excluding carboxylic acids is 1. The number of nitrogens with two attached hydrogens (primary N) is 1. The molecule has 0 aromatic heterocycles.